The van der Waals surface area contributed by atoms with E-state index >= 15 is 0 Å². The van der Waals surface area contributed by atoms with Crippen LogP contribution in [0, 0.1) is 18.6 Å². The molecule has 0 atom stereocenters. The third-order valence-electron chi connectivity index (χ3n) is 3.75. The normalized spacial score (nSPS) is 15.2. The van der Waals surface area contributed by atoms with Crippen LogP contribution in [0.4, 0.5) is 14.7 Å². The topological polar surface area (TPSA) is 49.3 Å². The third kappa shape index (κ3) is 3.44. The second-order valence-corrected chi connectivity index (χ2v) is 5.47. The fourth-order valence-corrected chi connectivity index (χ4v) is 2.50. The maximum absolute atomic E-state index is 13.7. The van der Waals surface area contributed by atoms with E-state index in [2.05, 4.69) is 9.97 Å². The number of nitrogens with zero attached hydrogens (tertiary/aromatic N) is 4. The van der Waals surface area contributed by atoms with Gasteiger partial charge in [0, 0.05) is 37.1 Å². The predicted octanol–water partition coefficient (Wildman–Crippen LogP) is 1.91. The van der Waals surface area contributed by atoms with E-state index < -0.39 is 11.6 Å². The first-order valence-corrected chi connectivity index (χ1v) is 7.29. The molecular formula is C16H16F2N4O. The van der Waals surface area contributed by atoms with Crippen LogP contribution < -0.4 is 4.90 Å². The van der Waals surface area contributed by atoms with Gasteiger partial charge in [-0.05, 0) is 31.2 Å². The highest BCUT2D eigenvalue weighted by Gasteiger charge is 2.26. The number of halogens is 2. The summed E-state index contributed by atoms with van der Waals surface area (Å²) in [6.45, 7) is 3.00. The lowest BCUT2D eigenvalue weighted by Gasteiger charge is -2.34. The molecule has 23 heavy (non-hydrogen) atoms. The average Bonchev–Trinajstić information content (AvgIpc) is 2.53. The minimum absolute atomic E-state index is 0.0605. The summed E-state index contributed by atoms with van der Waals surface area (Å²) in [5.74, 6) is -0.677. The van der Waals surface area contributed by atoms with Gasteiger partial charge in [-0.3, -0.25) is 4.79 Å². The van der Waals surface area contributed by atoms with E-state index in [0.29, 0.717) is 19.0 Å². The van der Waals surface area contributed by atoms with E-state index in [1.54, 1.807) is 17.2 Å². The maximum Gasteiger partial charge on any atom is 0.242 e. The molecule has 0 saturated carbocycles. The van der Waals surface area contributed by atoms with E-state index in [1.165, 1.54) is 4.90 Å². The number of piperazine rings is 1. The lowest BCUT2D eigenvalue weighted by molar-refractivity contribution is -0.131. The SMILES string of the molecule is Cc1ccnc(N2CCN(Cc3cc(F)ccc3F)C(=O)C2)n1. The molecule has 0 radical (unpaired) electrons. The highest BCUT2D eigenvalue weighted by molar-refractivity contribution is 5.82. The van der Waals surface area contributed by atoms with Crippen molar-refractivity contribution in [1.82, 2.24) is 14.9 Å². The van der Waals surface area contributed by atoms with Crippen LogP contribution in [-0.4, -0.2) is 40.4 Å². The Morgan fingerprint density at radius 3 is 2.78 bits per heavy atom. The molecule has 0 unspecified atom stereocenters. The van der Waals surface area contributed by atoms with Gasteiger partial charge < -0.3 is 9.80 Å². The third-order valence-corrected chi connectivity index (χ3v) is 3.75. The molecule has 1 amide bonds. The monoisotopic (exact) mass is 318 g/mol. The summed E-state index contributed by atoms with van der Waals surface area (Å²) >= 11 is 0. The van der Waals surface area contributed by atoms with Crippen LogP contribution in [0.5, 0.6) is 0 Å². The van der Waals surface area contributed by atoms with Crippen molar-refractivity contribution in [2.45, 2.75) is 13.5 Å². The molecular weight excluding hydrogens is 302 g/mol. The summed E-state index contributed by atoms with van der Waals surface area (Å²) in [5, 5.41) is 0. The van der Waals surface area contributed by atoms with E-state index in [-0.39, 0.29) is 24.6 Å². The molecule has 0 bridgehead atoms. The van der Waals surface area contributed by atoms with Crippen molar-refractivity contribution in [3.63, 3.8) is 0 Å². The molecule has 1 fully saturated rings. The predicted molar refractivity (Wildman–Crippen MR) is 80.8 cm³/mol. The molecule has 1 aromatic carbocycles. The number of aryl methyl sites for hydroxylation is 1. The Hall–Kier alpha value is -2.57. The largest absolute Gasteiger partial charge is 0.335 e. The van der Waals surface area contributed by atoms with Crippen LogP contribution in [0.2, 0.25) is 0 Å². The number of benzene rings is 1. The molecule has 3 rings (SSSR count). The smallest absolute Gasteiger partial charge is 0.242 e. The van der Waals surface area contributed by atoms with Crippen molar-refractivity contribution in [2.24, 2.45) is 0 Å². The number of rotatable bonds is 3. The van der Waals surface area contributed by atoms with Crippen LogP contribution in [0.3, 0.4) is 0 Å². The van der Waals surface area contributed by atoms with E-state index in [0.717, 1.165) is 23.9 Å². The molecule has 0 aliphatic carbocycles. The number of hydrogen-bond donors (Lipinski definition) is 0. The fraction of sp³-hybridized carbons (Fsp3) is 0.312. The molecule has 120 valence electrons. The summed E-state index contributed by atoms with van der Waals surface area (Å²) in [6, 6.07) is 5.05. The first kappa shape index (κ1) is 15.3. The molecule has 1 aliphatic heterocycles. The summed E-state index contributed by atoms with van der Waals surface area (Å²) in [7, 11) is 0. The maximum atomic E-state index is 13.7. The molecule has 0 spiro atoms. The second kappa shape index (κ2) is 6.28. The highest BCUT2D eigenvalue weighted by atomic mass is 19.1. The first-order chi connectivity index (χ1) is 11.0. The minimum Gasteiger partial charge on any atom is -0.335 e. The van der Waals surface area contributed by atoms with E-state index in [9.17, 15) is 13.6 Å². The standard InChI is InChI=1S/C16H16F2N4O/c1-11-4-5-19-16(20-11)22-7-6-21(15(23)10-22)9-12-8-13(17)2-3-14(12)18/h2-5,8H,6-7,9-10H2,1H3. The van der Waals surface area contributed by atoms with Gasteiger partial charge in [0.1, 0.15) is 18.2 Å². The van der Waals surface area contributed by atoms with Crippen LogP contribution in [0.1, 0.15) is 11.3 Å². The van der Waals surface area contributed by atoms with Crippen LogP contribution in [0.15, 0.2) is 30.5 Å². The van der Waals surface area contributed by atoms with Gasteiger partial charge in [-0.2, -0.15) is 0 Å². The van der Waals surface area contributed by atoms with Gasteiger partial charge in [0.05, 0.1) is 0 Å². The Bertz CT molecular complexity index is 738. The van der Waals surface area contributed by atoms with E-state index in [1.807, 2.05) is 6.92 Å². The summed E-state index contributed by atoms with van der Waals surface area (Å²) in [4.78, 5) is 24.0. The molecule has 1 aliphatic rings. The van der Waals surface area contributed by atoms with Crippen LogP contribution >= 0.6 is 0 Å². The Kier molecular flexibility index (Phi) is 4.18. The van der Waals surface area contributed by atoms with E-state index in [4.69, 9.17) is 0 Å². The molecule has 5 nitrogen and oxygen atoms in total. The summed E-state index contributed by atoms with van der Waals surface area (Å²) in [5.41, 5.74) is 1.00. The van der Waals surface area contributed by atoms with Crippen LogP contribution in [-0.2, 0) is 11.3 Å². The van der Waals surface area contributed by atoms with Crippen molar-refractivity contribution in [2.75, 3.05) is 24.5 Å². The zero-order valence-electron chi connectivity index (χ0n) is 12.7. The number of hydrogen-bond acceptors (Lipinski definition) is 4. The molecule has 7 heteroatoms. The number of anilines is 1. The number of carbonyl (C=O) groups is 1. The van der Waals surface area contributed by atoms with Gasteiger partial charge >= 0.3 is 0 Å². The second-order valence-electron chi connectivity index (χ2n) is 5.47. The average molecular weight is 318 g/mol. The Morgan fingerprint density at radius 2 is 2.04 bits per heavy atom. The summed E-state index contributed by atoms with van der Waals surface area (Å²) < 4.78 is 26.9. The lowest BCUT2D eigenvalue weighted by atomic mass is 10.1. The Morgan fingerprint density at radius 1 is 1.22 bits per heavy atom. The molecule has 2 heterocycles. The fourth-order valence-electron chi connectivity index (χ4n) is 2.50. The Balaban J connectivity index is 1.69. The van der Waals surface area contributed by atoms with Crippen molar-refractivity contribution in [3.8, 4) is 0 Å². The highest BCUT2D eigenvalue weighted by Crippen LogP contribution is 2.16. The number of amides is 1. The van der Waals surface area contributed by atoms with Gasteiger partial charge in [0.25, 0.3) is 0 Å². The van der Waals surface area contributed by atoms with Crippen molar-refractivity contribution >= 4 is 11.9 Å². The lowest BCUT2D eigenvalue weighted by Crippen LogP contribution is -2.50. The zero-order valence-corrected chi connectivity index (χ0v) is 12.7. The van der Waals surface area contributed by atoms with Crippen molar-refractivity contribution < 1.29 is 13.6 Å². The first-order valence-electron chi connectivity index (χ1n) is 7.29. The molecule has 0 N–H and O–H groups in total. The zero-order chi connectivity index (χ0) is 16.4. The Labute approximate surface area is 132 Å². The van der Waals surface area contributed by atoms with Gasteiger partial charge in [-0.1, -0.05) is 0 Å². The molecule has 2 aromatic rings. The number of carbonyl (C=O) groups excluding carboxylic acids is 1. The molecule has 1 saturated heterocycles. The van der Waals surface area contributed by atoms with Crippen LogP contribution in [0.25, 0.3) is 0 Å². The number of aromatic nitrogens is 2. The van der Waals surface area contributed by atoms with Gasteiger partial charge in [-0.25, -0.2) is 18.7 Å². The van der Waals surface area contributed by atoms with Gasteiger partial charge in [-0.15, -0.1) is 0 Å². The summed E-state index contributed by atoms with van der Waals surface area (Å²) in [6.07, 6.45) is 1.65. The van der Waals surface area contributed by atoms with Crippen molar-refractivity contribution in [1.29, 1.82) is 0 Å². The quantitative estimate of drug-likeness (QED) is 0.867. The van der Waals surface area contributed by atoms with Gasteiger partial charge in [0.2, 0.25) is 11.9 Å². The minimum atomic E-state index is -0.513. The molecule has 1 aromatic heterocycles. The van der Waals surface area contributed by atoms with Crippen molar-refractivity contribution in [3.05, 3.63) is 53.4 Å². The van der Waals surface area contributed by atoms with Gasteiger partial charge in [0.15, 0.2) is 0 Å².